The predicted octanol–water partition coefficient (Wildman–Crippen LogP) is 4.28. The molecule has 0 aliphatic carbocycles. The number of benzene rings is 2. The van der Waals surface area contributed by atoms with Gasteiger partial charge in [-0.1, -0.05) is 37.3 Å². The molecule has 2 N–H and O–H groups in total. The van der Waals surface area contributed by atoms with Crippen LogP contribution in [0.15, 0.2) is 48.5 Å². The highest BCUT2D eigenvalue weighted by atomic mass is 127. The molecule has 0 spiro atoms. The number of ether oxygens (including phenoxy) is 1. The Kier molecular flexibility index (Phi) is 5.22. The van der Waals surface area contributed by atoms with Crippen molar-refractivity contribution in [3.8, 4) is 5.75 Å². The highest BCUT2D eigenvalue weighted by Gasteiger charge is 2.09. The summed E-state index contributed by atoms with van der Waals surface area (Å²) in [7, 11) is 0. The Morgan fingerprint density at radius 3 is 2.47 bits per heavy atom. The molecule has 0 aromatic heterocycles. The standard InChI is InChI=1S/C16H18INO/c1-2-15(18)14-5-3-4-6-16(14)19-11-12-7-9-13(17)10-8-12/h3-10,15H,2,11,18H2,1H3. The van der Waals surface area contributed by atoms with Crippen molar-refractivity contribution in [2.75, 3.05) is 0 Å². The molecule has 2 rings (SSSR count). The molecule has 1 atom stereocenters. The first-order valence-corrected chi connectivity index (χ1v) is 7.50. The van der Waals surface area contributed by atoms with Crippen LogP contribution in [0.2, 0.25) is 0 Å². The van der Waals surface area contributed by atoms with Gasteiger partial charge >= 0.3 is 0 Å². The largest absolute Gasteiger partial charge is 0.489 e. The van der Waals surface area contributed by atoms with Gasteiger partial charge in [-0.2, -0.15) is 0 Å². The number of hydrogen-bond donors (Lipinski definition) is 1. The summed E-state index contributed by atoms with van der Waals surface area (Å²) >= 11 is 2.30. The molecule has 2 nitrogen and oxygen atoms in total. The minimum absolute atomic E-state index is 0.0351. The zero-order valence-electron chi connectivity index (χ0n) is 11.0. The summed E-state index contributed by atoms with van der Waals surface area (Å²) in [6, 6.07) is 16.4. The fraction of sp³-hybridized carbons (Fsp3) is 0.250. The fourth-order valence-electron chi connectivity index (χ4n) is 1.88. The highest BCUT2D eigenvalue weighted by molar-refractivity contribution is 14.1. The van der Waals surface area contributed by atoms with E-state index >= 15 is 0 Å². The van der Waals surface area contributed by atoms with E-state index in [9.17, 15) is 0 Å². The molecule has 0 bridgehead atoms. The van der Waals surface area contributed by atoms with Gasteiger partial charge in [0.25, 0.3) is 0 Å². The third kappa shape index (κ3) is 3.94. The van der Waals surface area contributed by atoms with Gasteiger partial charge in [-0.05, 0) is 52.8 Å². The molecule has 100 valence electrons. The van der Waals surface area contributed by atoms with Crippen LogP contribution >= 0.6 is 22.6 Å². The average Bonchev–Trinajstić information content (AvgIpc) is 2.46. The molecule has 2 aromatic rings. The Morgan fingerprint density at radius 1 is 1.11 bits per heavy atom. The van der Waals surface area contributed by atoms with Gasteiger partial charge in [-0.3, -0.25) is 0 Å². The monoisotopic (exact) mass is 367 g/mol. The maximum Gasteiger partial charge on any atom is 0.124 e. The Bertz CT molecular complexity index is 525. The van der Waals surface area contributed by atoms with Crippen molar-refractivity contribution in [2.45, 2.75) is 26.0 Å². The lowest BCUT2D eigenvalue weighted by atomic mass is 10.0. The first-order valence-electron chi connectivity index (χ1n) is 6.42. The quantitative estimate of drug-likeness (QED) is 0.801. The molecule has 1 unspecified atom stereocenters. The van der Waals surface area contributed by atoms with E-state index in [1.807, 2.05) is 24.3 Å². The van der Waals surface area contributed by atoms with Gasteiger partial charge in [0.05, 0.1) is 0 Å². The van der Waals surface area contributed by atoms with Gasteiger partial charge in [-0.25, -0.2) is 0 Å². The second-order valence-corrected chi connectivity index (χ2v) is 5.71. The van der Waals surface area contributed by atoms with E-state index in [2.05, 4.69) is 53.8 Å². The second kappa shape index (κ2) is 6.91. The van der Waals surface area contributed by atoms with E-state index in [0.717, 1.165) is 17.7 Å². The summed E-state index contributed by atoms with van der Waals surface area (Å²) in [4.78, 5) is 0. The summed E-state index contributed by atoms with van der Waals surface area (Å²) < 4.78 is 7.13. The van der Waals surface area contributed by atoms with Crippen molar-refractivity contribution < 1.29 is 4.74 Å². The van der Waals surface area contributed by atoms with Crippen LogP contribution in [0.1, 0.15) is 30.5 Å². The smallest absolute Gasteiger partial charge is 0.124 e. The molecule has 3 heteroatoms. The molecular weight excluding hydrogens is 349 g/mol. The fourth-order valence-corrected chi connectivity index (χ4v) is 2.24. The Hall–Kier alpha value is -1.07. The normalized spacial score (nSPS) is 12.2. The minimum atomic E-state index is 0.0351. The number of para-hydroxylation sites is 1. The minimum Gasteiger partial charge on any atom is -0.489 e. The summed E-state index contributed by atoms with van der Waals surface area (Å²) in [5.41, 5.74) is 8.35. The molecule has 0 radical (unpaired) electrons. The summed E-state index contributed by atoms with van der Waals surface area (Å²) in [5, 5.41) is 0. The van der Waals surface area contributed by atoms with E-state index in [0.29, 0.717) is 6.61 Å². The Balaban J connectivity index is 2.09. The number of rotatable bonds is 5. The van der Waals surface area contributed by atoms with Crippen LogP contribution in [-0.2, 0) is 6.61 Å². The first kappa shape index (κ1) is 14.3. The lowest BCUT2D eigenvalue weighted by Gasteiger charge is -2.15. The number of nitrogens with two attached hydrogens (primary N) is 1. The van der Waals surface area contributed by atoms with Gasteiger partial charge in [0.15, 0.2) is 0 Å². The molecule has 0 amide bonds. The first-order chi connectivity index (χ1) is 9.20. The molecule has 0 heterocycles. The molecule has 2 aromatic carbocycles. The topological polar surface area (TPSA) is 35.2 Å². The van der Waals surface area contributed by atoms with Crippen LogP contribution in [0, 0.1) is 3.57 Å². The summed E-state index contributed by atoms with van der Waals surface area (Å²) in [5.74, 6) is 0.885. The zero-order valence-corrected chi connectivity index (χ0v) is 13.1. The van der Waals surface area contributed by atoms with E-state index in [1.54, 1.807) is 0 Å². The molecule has 0 aliphatic rings. The van der Waals surface area contributed by atoms with Gasteiger partial charge < -0.3 is 10.5 Å². The van der Waals surface area contributed by atoms with Gasteiger partial charge in [-0.15, -0.1) is 0 Å². The van der Waals surface area contributed by atoms with Crippen molar-refractivity contribution in [1.82, 2.24) is 0 Å². The zero-order chi connectivity index (χ0) is 13.7. The maximum atomic E-state index is 6.10. The van der Waals surface area contributed by atoms with Crippen LogP contribution in [0.25, 0.3) is 0 Å². The average molecular weight is 367 g/mol. The van der Waals surface area contributed by atoms with Crippen molar-refractivity contribution in [1.29, 1.82) is 0 Å². The predicted molar refractivity (Wildman–Crippen MR) is 87.2 cm³/mol. The lowest BCUT2D eigenvalue weighted by molar-refractivity contribution is 0.300. The van der Waals surface area contributed by atoms with Crippen molar-refractivity contribution in [2.24, 2.45) is 5.73 Å². The Morgan fingerprint density at radius 2 is 1.79 bits per heavy atom. The molecular formula is C16H18INO. The Labute approximate surface area is 128 Å². The SMILES string of the molecule is CCC(N)c1ccccc1OCc1ccc(I)cc1. The van der Waals surface area contributed by atoms with Gasteiger partial charge in [0.1, 0.15) is 12.4 Å². The van der Waals surface area contributed by atoms with Gasteiger partial charge in [0, 0.05) is 15.2 Å². The third-order valence-electron chi connectivity index (χ3n) is 3.07. The van der Waals surface area contributed by atoms with Crippen LogP contribution in [0.4, 0.5) is 0 Å². The third-order valence-corrected chi connectivity index (χ3v) is 3.79. The van der Waals surface area contributed by atoms with Crippen molar-refractivity contribution in [3.63, 3.8) is 0 Å². The maximum absolute atomic E-state index is 6.10. The van der Waals surface area contributed by atoms with E-state index in [1.165, 1.54) is 9.13 Å². The van der Waals surface area contributed by atoms with Crippen LogP contribution in [0.5, 0.6) is 5.75 Å². The van der Waals surface area contributed by atoms with Crippen molar-refractivity contribution in [3.05, 3.63) is 63.2 Å². The van der Waals surface area contributed by atoms with E-state index in [4.69, 9.17) is 10.5 Å². The van der Waals surface area contributed by atoms with Crippen LogP contribution in [-0.4, -0.2) is 0 Å². The number of hydrogen-bond acceptors (Lipinski definition) is 2. The highest BCUT2D eigenvalue weighted by Crippen LogP contribution is 2.26. The summed E-state index contributed by atoms with van der Waals surface area (Å²) in [6.45, 7) is 2.66. The van der Waals surface area contributed by atoms with Gasteiger partial charge in [0.2, 0.25) is 0 Å². The molecule has 0 fully saturated rings. The summed E-state index contributed by atoms with van der Waals surface area (Å²) in [6.07, 6.45) is 0.907. The molecule has 19 heavy (non-hydrogen) atoms. The van der Waals surface area contributed by atoms with E-state index < -0.39 is 0 Å². The second-order valence-electron chi connectivity index (χ2n) is 4.47. The van der Waals surface area contributed by atoms with Crippen molar-refractivity contribution >= 4 is 22.6 Å². The molecule has 0 saturated carbocycles. The van der Waals surface area contributed by atoms with Crippen LogP contribution in [0.3, 0.4) is 0 Å². The molecule has 0 aliphatic heterocycles. The van der Waals surface area contributed by atoms with Crippen LogP contribution < -0.4 is 10.5 Å². The van der Waals surface area contributed by atoms with E-state index in [-0.39, 0.29) is 6.04 Å². The molecule has 0 saturated heterocycles. The lowest BCUT2D eigenvalue weighted by Crippen LogP contribution is -2.10. The number of halogens is 1.